The van der Waals surface area contributed by atoms with Crippen molar-refractivity contribution >= 4 is 10.0 Å². The minimum Gasteiger partial charge on any atom is -0.477 e. The fourth-order valence-electron chi connectivity index (χ4n) is 2.88. The first-order valence-corrected chi connectivity index (χ1v) is 9.36. The highest BCUT2D eigenvalue weighted by atomic mass is 32.2. The molecule has 3 rings (SSSR count). The fraction of sp³-hybridized carbons (Fsp3) is 0.467. The molecule has 0 radical (unpaired) electrons. The number of ether oxygens (including phenoxy) is 1. The Morgan fingerprint density at radius 2 is 2.13 bits per heavy atom. The first-order valence-electron chi connectivity index (χ1n) is 7.52. The van der Waals surface area contributed by atoms with Crippen LogP contribution in [0.4, 0.5) is 0 Å². The highest BCUT2D eigenvalue weighted by molar-refractivity contribution is 7.88. The quantitative estimate of drug-likeness (QED) is 0.821. The Morgan fingerprint density at radius 1 is 1.30 bits per heavy atom. The Bertz CT molecular complexity index is 773. The van der Waals surface area contributed by atoms with E-state index < -0.39 is 10.0 Å². The molecule has 0 bridgehead atoms. The molecule has 0 N–H and O–H groups in total. The van der Waals surface area contributed by atoms with E-state index in [-0.39, 0.29) is 6.04 Å². The Hall–Kier alpha value is -1.93. The van der Waals surface area contributed by atoms with E-state index in [1.54, 1.807) is 12.4 Å². The second-order valence-corrected chi connectivity index (χ2v) is 7.51. The van der Waals surface area contributed by atoms with Gasteiger partial charge in [0.05, 0.1) is 18.9 Å². The van der Waals surface area contributed by atoms with Crippen molar-refractivity contribution in [1.82, 2.24) is 18.8 Å². The van der Waals surface area contributed by atoms with Gasteiger partial charge in [-0.05, 0) is 13.0 Å². The standard InChI is InChI=1S/C15H20N4O3S/c1-12-15-17-11-13(6-10-22-14-5-3-4-7-16-14)18(15)8-9-19(12)23(2,20)21/h3-5,7,11-12H,6,8-10H2,1-2H3/t12-/m0/s1. The largest absolute Gasteiger partial charge is 0.477 e. The summed E-state index contributed by atoms with van der Waals surface area (Å²) in [6, 6.07) is 5.29. The fourth-order valence-corrected chi connectivity index (χ4v) is 3.97. The smallest absolute Gasteiger partial charge is 0.213 e. The molecule has 0 aromatic carbocycles. The van der Waals surface area contributed by atoms with Crippen LogP contribution in [-0.4, -0.2) is 46.7 Å². The van der Waals surface area contributed by atoms with Gasteiger partial charge in [-0.25, -0.2) is 18.4 Å². The molecule has 1 aliphatic heterocycles. The third-order valence-corrected chi connectivity index (χ3v) is 5.34. The maximum atomic E-state index is 11.8. The van der Waals surface area contributed by atoms with Crippen LogP contribution >= 0.6 is 0 Å². The summed E-state index contributed by atoms with van der Waals surface area (Å²) in [7, 11) is -3.21. The lowest BCUT2D eigenvalue weighted by atomic mass is 10.2. The molecule has 0 saturated carbocycles. The number of hydrogen-bond donors (Lipinski definition) is 0. The summed E-state index contributed by atoms with van der Waals surface area (Å²) in [5.74, 6) is 1.39. The van der Waals surface area contributed by atoms with Crippen molar-refractivity contribution < 1.29 is 13.2 Å². The van der Waals surface area contributed by atoms with E-state index in [9.17, 15) is 8.42 Å². The zero-order chi connectivity index (χ0) is 16.4. The van der Waals surface area contributed by atoms with Crippen molar-refractivity contribution in [1.29, 1.82) is 0 Å². The molecular formula is C15H20N4O3S. The van der Waals surface area contributed by atoms with E-state index in [0.29, 0.717) is 32.0 Å². The SMILES string of the molecule is C[C@H]1c2ncc(CCOc3ccccn3)n2CCN1S(C)(=O)=O. The molecule has 1 aliphatic rings. The summed E-state index contributed by atoms with van der Waals surface area (Å²) < 4.78 is 32.8. The molecule has 23 heavy (non-hydrogen) atoms. The second-order valence-electron chi connectivity index (χ2n) is 5.58. The first kappa shape index (κ1) is 15.9. The van der Waals surface area contributed by atoms with Crippen LogP contribution in [0.3, 0.4) is 0 Å². The number of nitrogens with zero attached hydrogens (tertiary/aromatic N) is 4. The highest BCUT2D eigenvalue weighted by Crippen LogP contribution is 2.27. The minimum absolute atomic E-state index is 0.246. The Morgan fingerprint density at radius 3 is 2.83 bits per heavy atom. The Kier molecular flexibility index (Phi) is 4.36. The number of imidazole rings is 1. The summed E-state index contributed by atoms with van der Waals surface area (Å²) in [4.78, 5) is 8.53. The molecule has 124 valence electrons. The Labute approximate surface area is 136 Å². The molecule has 3 heterocycles. The van der Waals surface area contributed by atoms with Gasteiger partial charge in [-0.1, -0.05) is 6.07 Å². The highest BCUT2D eigenvalue weighted by Gasteiger charge is 2.32. The molecule has 2 aromatic rings. The zero-order valence-corrected chi connectivity index (χ0v) is 14.0. The summed E-state index contributed by atoms with van der Waals surface area (Å²) in [5.41, 5.74) is 1.05. The van der Waals surface area contributed by atoms with E-state index >= 15 is 0 Å². The van der Waals surface area contributed by atoms with Gasteiger partial charge in [0.2, 0.25) is 15.9 Å². The summed E-state index contributed by atoms with van der Waals surface area (Å²) in [6.07, 6.45) is 5.44. The predicted molar refractivity (Wildman–Crippen MR) is 85.6 cm³/mol. The van der Waals surface area contributed by atoms with Crippen molar-refractivity contribution in [3.63, 3.8) is 0 Å². The Balaban J connectivity index is 1.68. The van der Waals surface area contributed by atoms with Crippen LogP contribution in [0.25, 0.3) is 0 Å². The number of rotatable bonds is 5. The molecule has 0 unspecified atom stereocenters. The third-order valence-electron chi connectivity index (χ3n) is 3.99. The second kappa shape index (κ2) is 6.29. The van der Waals surface area contributed by atoms with Crippen molar-refractivity contribution in [2.75, 3.05) is 19.4 Å². The van der Waals surface area contributed by atoms with E-state index in [1.807, 2.05) is 25.1 Å². The van der Waals surface area contributed by atoms with Gasteiger partial charge < -0.3 is 9.30 Å². The van der Waals surface area contributed by atoms with Crippen LogP contribution in [0.1, 0.15) is 24.5 Å². The zero-order valence-electron chi connectivity index (χ0n) is 13.2. The lowest BCUT2D eigenvalue weighted by Gasteiger charge is -2.32. The van der Waals surface area contributed by atoms with Gasteiger partial charge in [0.1, 0.15) is 5.82 Å². The number of fused-ring (bicyclic) bond motifs is 1. The number of sulfonamides is 1. The van der Waals surface area contributed by atoms with Crippen LogP contribution in [0, 0.1) is 0 Å². The van der Waals surface area contributed by atoms with Gasteiger partial charge >= 0.3 is 0 Å². The van der Waals surface area contributed by atoms with Gasteiger partial charge in [-0.2, -0.15) is 4.31 Å². The van der Waals surface area contributed by atoms with Crippen molar-refractivity contribution in [3.05, 3.63) is 42.1 Å². The molecule has 0 fully saturated rings. The van der Waals surface area contributed by atoms with E-state index in [4.69, 9.17) is 4.74 Å². The molecule has 0 amide bonds. The average Bonchev–Trinajstić information content (AvgIpc) is 2.92. The summed E-state index contributed by atoms with van der Waals surface area (Å²) in [6.45, 7) is 3.46. The topological polar surface area (TPSA) is 77.3 Å². The van der Waals surface area contributed by atoms with Gasteiger partial charge in [0.15, 0.2) is 0 Å². The van der Waals surface area contributed by atoms with E-state index in [0.717, 1.165) is 11.5 Å². The normalized spacial score (nSPS) is 18.6. The van der Waals surface area contributed by atoms with Crippen LogP contribution in [-0.2, 0) is 23.0 Å². The monoisotopic (exact) mass is 336 g/mol. The van der Waals surface area contributed by atoms with Gasteiger partial charge in [-0.3, -0.25) is 0 Å². The minimum atomic E-state index is -3.21. The first-order chi connectivity index (χ1) is 11.0. The third kappa shape index (κ3) is 3.37. The summed E-state index contributed by atoms with van der Waals surface area (Å²) >= 11 is 0. The van der Waals surface area contributed by atoms with Crippen molar-refractivity contribution in [2.24, 2.45) is 0 Å². The molecule has 0 saturated heterocycles. The molecule has 8 heteroatoms. The van der Waals surface area contributed by atoms with Crippen LogP contribution < -0.4 is 4.74 Å². The maximum absolute atomic E-state index is 11.8. The number of hydrogen-bond acceptors (Lipinski definition) is 5. The molecule has 1 atom stereocenters. The van der Waals surface area contributed by atoms with Gasteiger partial charge in [0.25, 0.3) is 0 Å². The molecule has 2 aromatic heterocycles. The number of pyridine rings is 1. The average molecular weight is 336 g/mol. The maximum Gasteiger partial charge on any atom is 0.213 e. The van der Waals surface area contributed by atoms with Crippen LogP contribution in [0.5, 0.6) is 5.88 Å². The van der Waals surface area contributed by atoms with E-state index in [2.05, 4.69) is 14.5 Å². The van der Waals surface area contributed by atoms with Crippen LogP contribution in [0.15, 0.2) is 30.6 Å². The van der Waals surface area contributed by atoms with Crippen molar-refractivity contribution in [3.8, 4) is 5.88 Å². The lowest BCUT2D eigenvalue weighted by molar-refractivity contribution is 0.269. The molecule has 0 spiro atoms. The molecular weight excluding hydrogens is 316 g/mol. The lowest BCUT2D eigenvalue weighted by Crippen LogP contribution is -2.41. The summed E-state index contributed by atoms with van der Waals surface area (Å²) in [5, 5.41) is 0. The van der Waals surface area contributed by atoms with Gasteiger partial charge in [-0.15, -0.1) is 0 Å². The van der Waals surface area contributed by atoms with E-state index in [1.165, 1.54) is 10.6 Å². The van der Waals surface area contributed by atoms with Crippen LogP contribution in [0.2, 0.25) is 0 Å². The van der Waals surface area contributed by atoms with Gasteiger partial charge in [0, 0.05) is 43.7 Å². The predicted octanol–water partition coefficient (Wildman–Crippen LogP) is 1.24. The number of aromatic nitrogens is 3. The molecule has 0 aliphatic carbocycles. The van der Waals surface area contributed by atoms with Crippen molar-refractivity contribution in [2.45, 2.75) is 25.9 Å². The molecule has 7 nitrogen and oxygen atoms in total.